The van der Waals surface area contributed by atoms with Crippen molar-refractivity contribution >= 4 is 34.1 Å². The molecule has 5 bridgehead atoms. The van der Waals surface area contributed by atoms with E-state index in [9.17, 15) is 39.9 Å². The zero-order valence-electron chi connectivity index (χ0n) is 30.9. The maximum absolute atomic E-state index is 14.1. The lowest BCUT2D eigenvalue weighted by Gasteiger charge is -2.38. The number of aromatic hydroxyl groups is 3. The Morgan fingerprint density at radius 3 is 2.21 bits per heavy atom. The number of Topliss-reactive ketones (excluding diaryl/α,β-unsaturated/α-hetero) is 1. The number of nitrogens with one attached hydrogen (secondary N) is 1. The number of ether oxygens (including phenoxy) is 4. The summed E-state index contributed by atoms with van der Waals surface area (Å²) in [5.41, 5.74) is 5.65. The minimum atomic E-state index is -2.02. The number of amides is 1. The Morgan fingerprint density at radius 1 is 0.962 bits per heavy atom. The Hall–Kier alpha value is -4.63. The van der Waals surface area contributed by atoms with Crippen LogP contribution in [0.25, 0.3) is 10.8 Å². The summed E-state index contributed by atoms with van der Waals surface area (Å²) in [6.07, 6.45) is 3.52. The Morgan fingerprint density at radius 2 is 1.62 bits per heavy atom. The summed E-state index contributed by atoms with van der Waals surface area (Å²) in [7, 11) is 1.43. The van der Waals surface area contributed by atoms with Crippen molar-refractivity contribution in [1.29, 1.82) is 0 Å². The average molecular weight is 727 g/mol. The second-order valence-corrected chi connectivity index (χ2v) is 13.9. The molecule has 0 aliphatic carbocycles. The summed E-state index contributed by atoms with van der Waals surface area (Å²) in [4.78, 5) is 39.7. The number of allylic oxidation sites excluding steroid dienone is 2. The van der Waals surface area contributed by atoms with E-state index in [2.05, 4.69) is 5.32 Å². The molecule has 284 valence electrons. The zero-order valence-corrected chi connectivity index (χ0v) is 30.9. The minimum Gasteiger partial charge on any atom is -0.507 e. The van der Waals surface area contributed by atoms with Crippen LogP contribution in [0.2, 0.25) is 0 Å². The number of fused-ring (bicyclic) bond motifs is 14. The van der Waals surface area contributed by atoms with E-state index in [4.69, 9.17) is 24.7 Å². The largest absolute Gasteiger partial charge is 0.507 e. The van der Waals surface area contributed by atoms with Gasteiger partial charge >= 0.3 is 11.8 Å². The third-order valence-corrected chi connectivity index (χ3v) is 10.3. The molecule has 2 aromatic rings. The van der Waals surface area contributed by atoms with Crippen LogP contribution in [-0.4, -0.2) is 80.5 Å². The molecule has 5 rings (SSSR count). The molecule has 0 radical (unpaired) electrons. The lowest BCUT2D eigenvalue weighted by Crippen LogP contribution is -2.46. The van der Waals surface area contributed by atoms with E-state index in [-0.39, 0.29) is 51.0 Å². The van der Waals surface area contributed by atoms with Crippen molar-refractivity contribution in [1.82, 2.24) is 0 Å². The fraction of sp³-hybridized carbons (Fsp3) is 0.500. The topological polar surface area (TPSA) is 227 Å². The summed E-state index contributed by atoms with van der Waals surface area (Å²) in [5.74, 6) is -8.31. The Kier molecular flexibility index (Phi) is 12.0. The number of nitrogens with two attached hydrogens (primary N) is 1. The highest BCUT2D eigenvalue weighted by Crippen LogP contribution is 2.55. The number of anilines is 1. The minimum absolute atomic E-state index is 0.0528. The van der Waals surface area contributed by atoms with E-state index in [1.807, 2.05) is 0 Å². The molecule has 14 heteroatoms. The first-order valence-corrected chi connectivity index (χ1v) is 17.1. The first-order valence-electron chi connectivity index (χ1n) is 17.1. The molecule has 0 aromatic heterocycles. The number of aliphatic hydroxyl groups excluding tert-OH is 2. The molecule has 2 aromatic carbocycles. The smallest absolute Gasteiger partial charge is 0.312 e. The third-order valence-electron chi connectivity index (χ3n) is 10.3. The number of hydrogen-bond acceptors (Lipinski definition) is 13. The quantitative estimate of drug-likeness (QED) is 0.134. The lowest BCUT2D eigenvalue weighted by molar-refractivity contribution is -0.160. The first kappa shape index (κ1) is 40.1. The van der Waals surface area contributed by atoms with Crippen LogP contribution in [0.1, 0.15) is 70.0 Å². The van der Waals surface area contributed by atoms with Crippen LogP contribution in [0.4, 0.5) is 5.69 Å². The number of methoxy groups -OCH3 is 1. The van der Waals surface area contributed by atoms with E-state index in [1.54, 1.807) is 39.8 Å². The van der Waals surface area contributed by atoms with Crippen LogP contribution >= 0.6 is 0 Å². The van der Waals surface area contributed by atoms with E-state index in [1.165, 1.54) is 53.2 Å². The van der Waals surface area contributed by atoms with Gasteiger partial charge in [0, 0.05) is 73.3 Å². The van der Waals surface area contributed by atoms with Crippen molar-refractivity contribution < 1.29 is 58.9 Å². The molecule has 0 spiro atoms. The molecule has 1 amide bonds. The van der Waals surface area contributed by atoms with Gasteiger partial charge in [-0.15, -0.1) is 0 Å². The van der Waals surface area contributed by atoms with Gasteiger partial charge in [0.15, 0.2) is 5.75 Å². The van der Waals surface area contributed by atoms with Gasteiger partial charge in [-0.2, -0.15) is 0 Å². The highest BCUT2D eigenvalue weighted by atomic mass is 16.7. The number of benzene rings is 2. The maximum atomic E-state index is 14.1. The van der Waals surface area contributed by atoms with Crippen molar-refractivity contribution in [3.8, 4) is 23.0 Å². The molecule has 9 atom stereocenters. The zero-order chi connectivity index (χ0) is 39.0. The van der Waals surface area contributed by atoms with Crippen LogP contribution in [0.3, 0.4) is 0 Å². The average Bonchev–Trinajstić information content (AvgIpc) is 3.36. The molecule has 0 saturated carbocycles. The lowest BCUT2D eigenvalue weighted by atomic mass is 9.78. The second kappa shape index (κ2) is 15.5. The van der Waals surface area contributed by atoms with Crippen LogP contribution < -0.4 is 15.8 Å². The van der Waals surface area contributed by atoms with E-state index in [0.717, 1.165) is 0 Å². The Bertz CT molecular complexity index is 1830. The van der Waals surface area contributed by atoms with E-state index >= 15 is 0 Å². The summed E-state index contributed by atoms with van der Waals surface area (Å²) in [5, 5.41) is 59.0. The summed E-state index contributed by atoms with van der Waals surface area (Å²) >= 11 is 0. The number of hydrogen-bond donors (Lipinski definition) is 7. The van der Waals surface area contributed by atoms with E-state index in [0.29, 0.717) is 0 Å². The first-order chi connectivity index (χ1) is 24.3. The number of aliphatic hydroxyl groups is 2. The molecule has 9 unspecified atom stereocenters. The highest BCUT2D eigenvalue weighted by molar-refractivity contribution is 6.22. The molecule has 0 saturated heterocycles. The Balaban J connectivity index is 1.93. The standard InChI is InChI=1S/C38H50N2O12/c1-16-11-10-12-17(2)37(48)40-28-23(15-39)32(45)25-26(33(28)46)31(44)21(6)35-27(25)36(47)38(8,52-35)50-14-13-24(49-9)18(3)34(51-22(7)41)20(5)30(43)19(4)29(16)42/h10-14,16,18-20,24,29-30,34,42-46H,15,39H2,1-9H3,(H,40,48)/b11-10+,14-13+,17-12-. The van der Waals surface area contributed by atoms with Crippen molar-refractivity contribution in [2.45, 2.75) is 92.1 Å². The van der Waals surface area contributed by atoms with Gasteiger partial charge in [0.05, 0.1) is 41.2 Å². The van der Waals surface area contributed by atoms with Gasteiger partial charge in [0.1, 0.15) is 23.4 Å². The molecule has 14 nitrogen and oxygen atoms in total. The number of ketones is 1. The van der Waals surface area contributed by atoms with Gasteiger partial charge in [-0.05, 0) is 19.9 Å². The number of phenols is 3. The molecule has 52 heavy (non-hydrogen) atoms. The molecule has 8 N–H and O–H groups in total. The monoisotopic (exact) mass is 726 g/mol. The van der Waals surface area contributed by atoms with Crippen LogP contribution in [-0.2, 0) is 30.3 Å². The van der Waals surface area contributed by atoms with Crippen LogP contribution in [0.15, 0.2) is 36.1 Å². The Labute approximate surface area is 302 Å². The molecule has 3 heterocycles. The number of carbonyl (C=O) groups excluding carboxylic acids is 3. The van der Waals surface area contributed by atoms with Gasteiger partial charge in [0.25, 0.3) is 11.7 Å². The number of esters is 1. The number of carbonyl (C=O) groups is 3. The van der Waals surface area contributed by atoms with Crippen LogP contribution in [0, 0.1) is 30.6 Å². The number of phenolic OH excluding ortho intramolecular Hbond substituents is 3. The third kappa shape index (κ3) is 7.20. The van der Waals surface area contributed by atoms with Crippen LogP contribution in [0.5, 0.6) is 23.0 Å². The van der Waals surface area contributed by atoms with Gasteiger partial charge in [-0.3, -0.25) is 14.4 Å². The van der Waals surface area contributed by atoms with Crippen molar-refractivity contribution in [3.63, 3.8) is 0 Å². The summed E-state index contributed by atoms with van der Waals surface area (Å²) in [6.45, 7) is 12.0. The predicted octanol–water partition coefficient (Wildman–Crippen LogP) is 4.21. The summed E-state index contributed by atoms with van der Waals surface area (Å²) < 4.78 is 23.3. The second-order valence-electron chi connectivity index (χ2n) is 13.9. The molecule has 3 aliphatic rings. The normalized spacial score (nSPS) is 32.4. The highest BCUT2D eigenvalue weighted by Gasteiger charge is 2.50. The van der Waals surface area contributed by atoms with Crippen molar-refractivity contribution in [3.05, 3.63) is 52.8 Å². The summed E-state index contributed by atoms with van der Waals surface area (Å²) in [6, 6.07) is 0. The fourth-order valence-electron chi connectivity index (χ4n) is 6.99. The van der Waals surface area contributed by atoms with Crippen molar-refractivity contribution in [2.24, 2.45) is 29.4 Å². The molecule has 3 aliphatic heterocycles. The predicted molar refractivity (Wildman–Crippen MR) is 192 cm³/mol. The number of rotatable bonds is 3. The van der Waals surface area contributed by atoms with Gasteiger partial charge in [-0.25, -0.2) is 0 Å². The molecular formula is C38H50N2O12. The van der Waals surface area contributed by atoms with Gasteiger partial charge in [-0.1, -0.05) is 45.9 Å². The molecular weight excluding hydrogens is 676 g/mol. The van der Waals surface area contributed by atoms with E-state index < -0.39 is 88.8 Å². The maximum Gasteiger partial charge on any atom is 0.312 e. The van der Waals surface area contributed by atoms with Gasteiger partial charge in [0.2, 0.25) is 0 Å². The fourth-order valence-corrected chi connectivity index (χ4v) is 6.99. The van der Waals surface area contributed by atoms with Crippen molar-refractivity contribution in [2.75, 3.05) is 12.4 Å². The molecule has 0 fully saturated rings. The SMILES string of the molecule is COC1/C=C/OC2(C)Oc3c(C)c(O)c4c(O)c(c(CN)c(O)c4c3C2=O)NC(=O)/C(C)=C\C=C\C(C)C(O)C(C)C(O)C(C)C(OC(C)=O)C1C. The van der Waals surface area contributed by atoms with Gasteiger partial charge < -0.3 is 55.5 Å².